The quantitative estimate of drug-likeness (QED) is 0.259. The Kier molecular flexibility index (Phi) is 8.26. The molecule has 9 heteroatoms. The van der Waals surface area contributed by atoms with E-state index in [1.807, 2.05) is 6.07 Å². The molecule has 0 unspecified atom stereocenters. The molecule has 0 heterocycles. The Labute approximate surface area is 181 Å². The third-order valence-electron chi connectivity index (χ3n) is 3.69. The van der Waals surface area contributed by atoms with E-state index in [1.54, 1.807) is 19.1 Å². The van der Waals surface area contributed by atoms with Crippen LogP contribution in [0.1, 0.15) is 12.5 Å². The van der Waals surface area contributed by atoms with Gasteiger partial charge >= 0.3 is 5.97 Å². The smallest absolute Gasteiger partial charge is 0.343 e. The van der Waals surface area contributed by atoms with Gasteiger partial charge in [0.1, 0.15) is 17.4 Å². The molecule has 0 aliphatic rings. The van der Waals surface area contributed by atoms with Crippen molar-refractivity contribution in [2.75, 3.05) is 25.6 Å². The van der Waals surface area contributed by atoms with Gasteiger partial charge in [0.25, 0.3) is 5.91 Å². The SMILES string of the molecule is CCOc1cc(/C=C(\C#N)C(=O)Nc2ccc(O)cc2)cc(Br)c1OCC(=O)OC. The van der Waals surface area contributed by atoms with E-state index >= 15 is 0 Å². The second-order valence-electron chi connectivity index (χ2n) is 5.80. The van der Waals surface area contributed by atoms with Crippen LogP contribution in [0.4, 0.5) is 5.69 Å². The molecule has 2 N–H and O–H groups in total. The summed E-state index contributed by atoms with van der Waals surface area (Å²) >= 11 is 3.36. The van der Waals surface area contributed by atoms with Crippen molar-refractivity contribution < 1.29 is 28.9 Å². The number of nitrogens with zero attached hydrogens (tertiary/aromatic N) is 1. The van der Waals surface area contributed by atoms with E-state index in [9.17, 15) is 20.0 Å². The van der Waals surface area contributed by atoms with Gasteiger partial charge in [0, 0.05) is 5.69 Å². The van der Waals surface area contributed by atoms with Gasteiger partial charge in [-0.25, -0.2) is 4.79 Å². The summed E-state index contributed by atoms with van der Waals surface area (Å²) in [6.07, 6.45) is 1.40. The number of nitrogens with one attached hydrogen (secondary N) is 1. The fourth-order valence-electron chi connectivity index (χ4n) is 2.32. The standard InChI is InChI=1S/C21H19BrN2O6/c1-3-29-18-10-13(9-17(22)20(18)30-12-19(26)28-2)8-14(11-23)21(27)24-15-4-6-16(25)7-5-15/h4-10,25H,3,12H2,1-2H3,(H,24,27)/b14-8+. The Morgan fingerprint density at radius 3 is 2.53 bits per heavy atom. The molecule has 2 aromatic rings. The largest absolute Gasteiger partial charge is 0.508 e. The van der Waals surface area contributed by atoms with Crippen LogP contribution in [0.15, 0.2) is 46.4 Å². The van der Waals surface area contributed by atoms with Crippen LogP contribution < -0.4 is 14.8 Å². The highest BCUT2D eigenvalue weighted by molar-refractivity contribution is 9.10. The first-order valence-electron chi connectivity index (χ1n) is 8.76. The zero-order valence-electron chi connectivity index (χ0n) is 16.3. The number of hydrogen-bond acceptors (Lipinski definition) is 7. The number of methoxy groups -OCH3 is 1. The summed E-state index contributed by atoms with van der Waals surface area (Å²) in [7, 11) is 1.25. The fraction of sp³-hybridized carbons (Fsp3) is 0.190. The lowest BCUT2D eigenvalue weighted by Crippen LogP contribution is -2.14. The number of anilines is 1. The molecule has 0 radical (unpaired) electrons. The maximum absolute atomic E-state index is 12.4. The van der Waals surface area contributed by atoms with Crippen molar-refractivity contribution in [2.24, 2.45) is 0 Å². The highest BCUT2D eigenvalue weighted by atomic mass is 79.9. The zero-order chi connectivity index (χ0) is 22.1. The van der Waals surface area contributed by atoms with Crippen LogP contribution >= 0.6 is 15.9 Å². The number of hydrogen-bond donors (Lipinski definition) is 2. The molecule has 0 saturated heterocycles. The fourth-order valence-corrected chi connectivity index (χ4v) is 2.90. The zero-order valence-corrected chi connectivity index (χ0v) is 17.9. The number of ether oxygens (including phenoxy) is 3. The normalized spacial score (nSPS) is 10.7. The van der Waals surface area contributed by atoms with E-state index in [0.717, 1.165) is 0 Å². The molecule has 8 nitrogen and oxygen atoms in total. The molecule has 0 bridgehead atoms. The first-order chi connectivity index (χ1) is 14.4. The summed E-state index contributed by atoms with van der Waals surface area (Å²) in [4.78, 5) is 23.8. The monoisotopic (exact) mass is 474 g/mol. The molecule has 2 rings (SSSR count). The molecular weight excluding hydrogens is 456 g/mol. The van der Waals surface area contributed by atoms with Gasteiger partial charge < -0.3 is 24.6 Å². The Balaban J connectivity index is 2.30. The number of rotatable bonds is 8. The van der Waals surface area contributed by atoms with Crippen LogP contribution in [0.3, 0.4) is 0 Å². The topological polar surface area (TPSA) is 118 Å². The summed E-state index contributed by atoms with van der Waals surface area (Å²) in [5.74, 6) is -0.467. The van der Waals surface area contributed by atoms with Crippen LogP contribution in [-0.2, 0) is 14.3 Å². The average molecular weight is 475 g/mol. The molecule has 156 valence electrons. The van der Waals surface area contributed by atoms with E-state index < -0.39 is 11.9 Å². The highest BCUT2D eigenvalue weighted by Crippen LogP contribution is 2.37. The third kappa shape index (κ3) is 6.25. The summed E-state index contributed by atoms with van der Waals surface area (Å²) in [5.41, 5.74) is 0.801. The third-order valence-corrected chi connectivity index (χ3v) is 4.28. The number of amides is 1. The van der Waals surface area contributed by atoms with E-state index in [1.165, 1.54) is 37.5 Å². The second-order valence-corrected chi connectivity index (χ2v) is 6.65. The summed E-state index contributed by atoms with van der Waals surface area (Å²) in [5, 5.41) is 21.3. The lowest BCUT2D eigenvalue weighted by atomic mass is 10.1. The number of phenols is 1. The van der Waals surface area contributed by atoms with Gasteiger partial charge in [-0.05, 0) is 70.9 Å². The van der Waals surface area contributed by atoms with Crippen molar-refractivity contribution in [3.05, 3.63) is 52.0 Å². The molecule has 0 aromatic heterocycles. The van der Waals surface area contributed by atoms with Gasteiger partial charge in [0.2, 0.25) is 0 Å². The Morgan fingerprint density at radius 1 is 1.23 bits per heavy atom. The van der Waals surface area contributed by atoms with Crippen molar-refractivity contribution in [2.45, 2.75) is 6.92 Å². The van der Waals surface area contributed by atoms with Crippen LogP contribution in [0.5, 0.6) is 17.2 Å². The number of esters is 1. The van der Waals surface area contributed by atoms with Crippen LogP contribution in [0.25, 0.3) is 6.08 Å². The minimum absolute atomic E-state index is 0.0619. The van der Waals surface area contributed by atoms with Crippen molar-refractivity contribution in [1.82, 2.24) is 0 Å². The Morgan fingerprint density at radius 2 is 1.93 bits per heavy atom. The van der Waals surface area contributed by atoms with Crippen molar-refractivity contribution >= 4 is 39.6 Å². The van der Waals surface area contributed by atoms with Gasteiger partial charge in [-0.3, -0.25) is 4.79 Å². The van der Waals surface area contributed by atoms with E-state index in [4.69, 9.17) is 9.47 Å². The Bertz CT molecular complexity index is 996. The van der Waals surface area contributed by atoms with E-state index in [-0.39, 0.29) is 17.9 Å². The van der Waals surface area contributed by atoms with E-state index in [0.29, 0.717) is 33.8 Å². The summed E-state index contributed by atoms with van der Waals surface area (Å²) < 4.78 is 16.1. The van der Waals surface area contributed by atoms with Gasteiger partial charge in [-0.15, -0.1) is 0 Å². The lowest BCUT2D eigenvalue weighted by Gasteiger charge is -2.14. The molecule has 0 atom stereocenters. The number of nitriles is 1. The minimum Gasteiger partial charge on any atom is -0.508 e. The van der Waals surface area contributed by atoms with Gasteiger partial charge in [0.05, 0.1) is 18.2 Å². The first-order valence-corrected chi connectivity index (χ1v) is 9.55. The van der Waals surface area contributed by atoms with Gasteiger partial charge in [-0.1, -0.05) is 0 Å². The molecular formula is C21H19BrN2O6. The van der Waals surface area contributed by atoms with Crippen LogP contribution in [-0.4, -0.2) is 37.3 Å². The summed E-state index contributed by atoms with van der Waals surface area (Å²) in [6, 6.07) is 10.9. The second kappa shape index (κ2) is 10.9. The maximum Gasteiger partial charge on any atom is 0.343 e. The number of benzene rings is 2. The number of carbonyl (C=O) groups excluding carboxylic acids is 2. The molecule has 2 aromatic carbocycles. The molecule has 0 aliphatic carbocycles. The molecule has 0 saturated carbocycles. The predicted molar refractivity (Wildman–Crippen MR) is 113 cm³/mol. The molecule has 0 aliphatic heterocycles. The molecule has 1 amide bonds. The number of phenolic OH excluding ortho intramolecular Hbond substituents is 1. The maximum atomic E-state index is 12.4. The van der Waals surface area contributed by atoms with Crippen molar-refractivity contribution in [3.63, 3.8) is 0 Å². The predicted octanol–water partition coefficient (Wildman–Crippen LogP) is 3.65. The van der Waals surface area contributed by atoms with Gasteiger partial charge in [0.15, 0.2) is 18.1 Å². The minimum atomic E-state index is -0.608. The molecule has 0 spiro atoms. The van der Waals surface area contributed by atoms with E-state index in [2.05, 4.69) is 26.0 Å². The number of carbonyl (C=O) groups is 2. The average Bonchev–Trinajstić information content (AvgIpc) is 2.72. The Hall–Kier alpha value is -3.51. The van der Waals surface area contributed by atoms with Crippen LogP contribution in [0.2, 0.25) is 0 Å². The number of halogens is 1. The summed E-state index contributed by atoms with van der Waals surface area (Å²) in [6.45, 7) is 1.82. The molecule has 0 fully saturated rings. The highest BCUT2D eigenvalue weighted by Gasteiger charge is 2.16. The van der Waals surface area contributed by atoms with Crippen molar-refractivity contribution in [3.8, 4) is 23.3 Å². The van der Waals surface area contributed by atoms with Gasteiger partial charge in [-0.2, -0.15) is 5.26 Å². The van der Waals surface area contributed by atoms with Crippen molar-refractivity contribution in [1.29, 1.82) is 5.26 Å². The molecule has 30 heavy (non-hydrogen) atoms. The first kappa shape index (κ1) is 22.8. The number of aromatic hydroxyl groups is 1. The lowest BCUT2D eigenvalue weighted by molar-refractivity contribution is -0.142. The van der Waals surface area contributed by atoms with Crippen LogP contribution in [0, 0.1) is 11.3 Å².